The van der Waals surface area contributed by atoms with Gasteiger partial charge in [0.2, 0.25) is 0 Å². The second kappa shape index (κ2) is 6.16. The van der Waals surface area contributed by atoms with Gasteiger partial charge in [-0.1, -0.05) is 12.1 Å². The van der Waals surface area contributed by atoms with Crippen LogP contribution in [0.1, 0.15) is 18.9 Å². The molecule has 1 atom stereocenters. The van der Waals surface area contributed by atoms with E-state index in [9.17, 15) is 0 Å². The Balaban J connectivity index is 1.86. The molecule has 0 aromatic heterocycles. The first-order valence-electron chi connectivity index (χ1n) is 5.89. The molecule has 88 valence electrons. The minimum absolute atomic E-state index is 0.655. The number of ether oxygens (including phenoxy) is 1. The van der Waals surface area contributed by atoms with E-state index in [0.29, 0.717) is 6.04 Å². The molecule has 1 heterocycles. The van der Waals surface area contributed by atoms with Crippen molar-refractivity contribution in [3.8, 4) is 0 Å². The Hall–Kier alpha value is -0.670. The van der Waals surface area contributed by atoms with Crippen molar-refractivity contribution in [1.29, 1.82) is 0 Å². The number of thioether (sulfide) groups is 1. The molecule has 16 heavy (non-hydrogen) atoms. The van der Waals surface area contributed by atoms with Crippen LogP contribution in [0.5, 0.6) is 0 Å². The van der Waals surface area contributed by atoms with Gasteiger partial charge < -0.3 is 10.1 Å². The molecule has 0 spiro atoms. The molecule has 1 saturated heterocycles. The molecule has 2 rings (SSSR count). The summed E-state index contributed by atoms with van der Waals surface area (Å²) in [6, 6.07) is 9.23. The topological polar surface area (TPSA) is 21.3 Å². The first-order chi connectivity index (χ1) is 7.88. The fourth-order valence-electron chi connectivity index (χ4n) is 1.80. The van der Waals surface area contributed by atoms with Gasteiger partial charge in [-0.05, 0) is 36.8 Å². The molecule has 1 fully saturated rings. The Morgan fingerprint density at radius 1 is 1.38 bits per heavy atom. The van der Waals surface area contributed by atoms with Crippen LogP contribution in [0.4, 0.5) is 5.69 Å². The predicted octanol–water partition coefficient (Wildman–Crippen LogP) is 3.14. The van der Waals surface area contributed by atoms with Crippen LogP contribution in [0.3, 0.4) is 0 Å². The Morgan fingerprint density at radius 2 is 2.19 bits per heavy atom. The van der Waals surface area contributed by atoms with Crippen molar-refractivity contribution in [2.45, 2.75) is 26.0 Å². The van der Waals surface area contributed by atoms with Crippen molar-refractivity contribution in [2.75, 3.05) is 23.4 Å². The minimum atomic E-state index is 0.655. The Kier molecular flexibility index (Phi) is 4.55. The highest BCUT2D eigenvalue weighted by molar-refractivity contribution is 7.99. The third-order valence-electron chi connectivity index (χ3n) is 2.73. The van der Waals surface area contributed by atoms with Gasteiger partial charge in [0.25, 0.3) is 0 Å². The second-order valence-electron chi connectivity index (χ2n) is 4.04. The summed E-state index contributed by atoms with van der Waals surface area (Å²) in [4.78, 5) is 0. The number of anilines is 1. The highest BCUT2D eigenvalue weighted by Gasteiger charge is 2.14. The summed E-state index contributed by atoms with van der Waals surface area (Å²) in [5, 5.41) is 3.56. The lowest BCUT2D eigenvalue weighted by Gasteiger charge is -2.13. The van der Waals surface area contributed by atoms with Crippen molar-refractivity contribution in [3.05, 3.63) is 29.8 Å². The smallest absolute Gasteiger partial charge is 0.0716 e. The van der Waals surface area contributed by atoms with Gasteiger partial charge in [-0.2, -0.15) is 11.8 Å². The first-order valence-corrected chi connectivity index (χ1v) is 7.05. The highest BCUT2D eigenvalue weighted by Crippen LogP contribution is 2.21. The van der Waals surface area contributed by atoms with Crippen LogP contribution in [0.25, 0.3) is 0 Å². The van der Waals surface area contributed by atoms with Gasteiger partial charge in [0.05, 0.1) is 6.61 Å². The standard InChI is InChI=1S/C13H19NOS/c1-2-15-9-11-3-5-12(6-4-11)14-13-7-8-16-10-13/h3-6,13-14H,2,7-10H2,1H3. The van der Waals surface area contributed by atoms with Crippen LogP contribution in [0, 0.1) is 0 Å². The number of hydrogen-bond acceptors (Lipinski definition) is 3. The molecule has 1 aromatic rings. The summed E-state index contributed by atoms with van der Waals surface area (Å²) in [7, 11) is 0. The lowest BCUT2D eigenvalue weighted by Crippen LogP contribution is -2.17. The zero-order chi connectivity index (χ0) is 11.2. The molecular formula is C13H19NOS. The third kappa shape index (κ3) is 3.42. The Morgan fingerprint density at radius 3 is 2.81 bits per heavy atom. The lowest BCUT2D eigenvalue weighted by atomic mass is 10.2. The van der Waals surface area contributed by atoms with Gasteiger partial charge in [-0.3, -0.25) is 0 Å². The van der Waals surface area contributed by atoms with Crippen LogP contribution in [0.15, 0.2) is 24.3 Å². The lowest BCUT2D eigenvalue weighted by molar-refractivity contribution is 0.134. The molecule has 2 nitrogen and oxygen atoms in total. The fourth-order valence-corrected chi connectivity index (χ4v) is 2.95. The normalized spacial score (nSPS) is 19.9. The molecule has 0 saturated carbocycles. The van der Waals surface area contributed by atoms with E-state index in [0.717, 1.165) is 13.2 Å². The first kappa shape index (κ1) is 11.8. The van der Waals surface area contributed by atoms with E-state index in [1.807, 2.05) is 18.7 Å². The number of nitrogens with one attached hydrogen (secondary N) is 1. The van der Waals surface area contributed by atoms with Crippen molar-refractivity contribution in [1.82, 2.24) is 0 Å². The SMILES string of the molecule is CCOCc1ccc(NC2CCSC2)cc1. The third-order valence-corrected chi connectivity index (χ3v) is 3.89. The van der Waals surface area contributed by atoms with E-state index in [4.69, 9.17) is 4.74 Å². The van der Waals surface area contributed by atoms with Crippen molar-refractivity contribution in [3.63, 3.8) is 0 Å². The van der Waals surface area contributed by atoms with E-state index >= 15 is 0 Å². The van der Waals surface area contributed by atoms with E-state index in [2.05, 4.69) is 29.6 Å². The van der Waals surface area contributed by atoms with Gasteiger partial charge >= 0.3 is 0 Å². The Bertz CT molecular complexity index is 306. The molecule has 1 N–H and O–H groups in total. The summed E-state index contributed by atoms with van der Waals surface area (Å²) in [5.41, 5.74) is 2.47. The molecule has 1 unspecified atom stereocenters. The van der Waals surface area contributed by atoms with E-state index in [1.165, 1.54) is 29.2 Å². The zero-order valence-electron chi connectivity index (χ0n) is 9.74. The maximum Gasteiger partial charge on any atom is 0.0716 e. The summed E-state index contributed by atoms with van der Waals surface area (Å²) in [5.74, 6) is 2.53. The fraction of sp³-hybridized carbons (Fsp3) is 0.538. The van der Waals surface area contributed by atoms with Crippen molar-refractivity contribution in [2.24, 2.45) is 0 Å². The van der Waals surface area contributed by atoms with Crippen LogP contribution in [-0.2, 0) is 11.3 Å². The van der Waals surface area contributed by atoms with Crippen molar-refractivity contribution >= 4 is 17.4 Å². The molecule has 3 heteroatoms. The monoisotopic (exact) mass is 237 g/mol. The summed E-state index contributed by atoms with van der Waals surface area (Å²) in [6.07, 6.45) is 1.28. The quantitative estimate of drug-likeness (QED) is 0.850. The van der Waals surface area contributed by atoms with E-state index in [-0.39, 0.29) is 0 Å². The summed E-state index contributed by atoms with van der Waals surface area (Å²) < 4.78 is 5.37. The zero-order valence-corrected chi connectivity index (χ0v) is 10.6. The van der Waals surface area contributed by atoms with E-state index in [1.54, 1.807) is 0 Å². The molecule has 1 aromatic carbocycles. The molecule has 1 aliphatic heterocycles. The van der Waals surface area contributed by atoms with Gasteiger partial charge in [-0.15, -0.1) is 0 Å². The molecular weight excluding hydrogens is 218 g/mol. The number of benzene rings is 1. The van der Waals surface area contributed by atoms with Crippen LogP contribution < -0.4 is 5.32 Å². The average molecular weight is 237 g/mol. The Labute approximate surface area is 102 Å². The minimum Gasteiger partial charge on any atom is -0.381 e. The second-order valence-corrected chi connectivity index (χ2v) is 5.19. The average Bonchev–Trinajstić information content (AvgIpc) is 2.81. The van der Waals surface area contributed by atoms with Gasteiger partial charge in [0, 0.05) is 24.1 Å². The summed E-state index contributed by atoms with van der Waals surface area (Å²) >= 11 is 2.03. The molecule has 0 bridgehead atoms. The highest BCUT2D eigenvalue weighted by atomic mass is 32.2. The van der Waals surface area contributed by atoms with Crippen molar-refractivity contribution < 1.29 is 4.74 Å². The van der Waals surface area contributed by atoms with Crippen LogP contribution in [0.2, 0.25) is 0 Å². The van der Waals surface area contributed by atoms with Crippen LogP contribution in [-0.4, -0.2) is 24.2 Å². The molecule has 0 amide bonds. The maximum absolute atomic E-state index is 5.37. The maximum atomic E-state index is 5.37. The molecule has 1 aliphatic rings. The summed E-state index contributed by atoms with van der Waals surface area (Å²) in [6.45, 7) is 3.52. The predicted molar refractivity (Wildman–Crippen MR) is 71.1 cm³/mol. The van der Waals surface area contributed by atoms with Gasteiger partial charge in [0.15, 0.2) is 0 Å². The van der Waals surface area contributed by atoms with Crippen LogP contribution >= 0.6 is 11.8 Å². The molecule has 0 radical (unpaired) electrons. The largest absolute Gasteiger partial charge is 0.381 e. The van der Waals surface area contributed by atoms with Gasteiger partial charge in [0.1, 0.15) is 0 Å². The number of hydrogen-bond donors (Lipinski definition) is 1. The van der Waals surface area contributed by atoms with Gasteiger partial charge in [-0.25, -0.2) is 0 Å². The van der Waals surface area contributed by atoms with E-state index < -0.39 is 0 Å². The molecule has 0 aliphatic carbocycles. The number of rotatable bonds is 5.